The molecule has 1 aromatic carbocycles. The summed E-state index contributed by atoms with van der Waals surface area (Å²) in [5.41, 5.74) is 5.33. The number of carboxylic acid groups (broad SMARTS) is 1. The van der Waals surface area contributed by atoms with Crippen molar-refractivity contribution in [1.29, 1.82) is 0 Å². The zero-order chi connectivity index (χ0) is 14.5. The second-order valence-corrected chi connectivity index (χ2v) is 4.33. The van der Waals surface area contributed by atoms with Crippen molar-refractivity contribution in [2.24, 2.45) is 5.73 Å². The fourth-order valence-corrected chi connectivity index (χ4v) is 1.71. The number of amides is 1. The standard InChI is InChI=1S/C14H16N2O3/c1-3-9-16(10-12(17)18)13(19)14(2,15)11-7-5-4-6-8-11/h1,4-8H,9-10,15H2,2H3,(H,17,18). The molecule has 0 bridgehead atoms. The molecule has 0 spiro atoms. The van der Waals surface area contributed by atoms with Crippen molar-refractivity contribution in [2.45, 2.75) is 12.5 Å². The minimum atomic E-state index is -1.31. The quantitative estimate of drug-likeness (QED) is 0.751. The van der Waals surface area contributed by atoms with Gasteiger partial charge in [0.05, 0.1) is 6.54 Å². The summed E-state index contributed by atoms with van der Waals surface area (Å²) in [6.07, 6.45) is 5.15. The molecule has 0 aliphatic carbocycles. The molecule has 0 fully saturated rings. The molecule has 0 radical (unpaired) electrons. The van der Waals surface area contributed by atoms with Gasteiger partial charge in [0.15, 0.2) is 0 Å². The number of carboxylic acids is 1. The Hall–Kier alpha value is -2.32. The first kappa shape index (κ1) is 14.7. The summed E-state index contributed by atoms with van der Waals surface area (Å²) < 4.78 is 0. The van der Waals surface area contributed by atoms with Gasteiger partial charge in [-0.05, 0) is 12.5 Å². The molecule has 1 amide bonds. The highest BCUT2D eigenvalue weighted by atomic mass is 16.4. The second-order valence-electron chi connectivity index (χ2n) is 4.33. The van der Waals surface area contributed by atoms with E-state index in [0.29, 0.717) is 5.56 Å². The molecule has 0 aliphatic rings. The van der Waals surface area contributed by atoms with E-state index < -0.39 is 24.0 Å². The minimum Gasteiger partial charge on any atom is -0.480 e. The van der Waals surface area contributed by atoms with Crippen LogP contribution < -0.4 is 5.73 Å². The smallest absolute Gasteiger partial charge is 0.323 e. The van der Waals surface area contributed by atoms with Crippen molar-refractivity contribution < 1.29 is 14.7 Å². The number of nitrogens with zero attached hydrogens (tertiary/aromatic N) is 1. The summed E-state index contributed by atoms with van der Waals surface area (Å²) in [5, 5.41) is 8.79. The van der Waals surface area contributed by atoms with Gasteiger partial charge in [0.1, 0.15) is 12.1 Å². The molecule has 1 unspecified atom stereocenters. The number of rotatable bonds is 5. The molecule has 0 aliphatic heterocycles. The maximum absolute atomic E-state index is 12.3. The van der Waals surface area contributed by atoms with Crippen molar-refractivity contribution in [3.8, 4) is 12.3 Å². The van der Waals surface area contributed by atoms with Crippen LogP contribution in [-0.4, -0.2) is 35.0 Å². The first-order valence-corrected chi connectivity index (χ1v) is 5.68. The van der Waals surface area contributed by atoms with Crippen LogP contribution in [0.25, 0.3) is 0 Å². The lowest BCUT2D eigenvalue weighted by Crippen LogP contribution is -2.52. The summed E-state index contributed by atoms with van der Waals surface area (Å²) in [6.45, 7) is 0.976. The molecular weight excluding hydrogens is 244 g/mol. The Kier molecular flexibility index (Phi) is 4.67. The normalized spacial score (nSPS) is 13.1. The Balaban J connectivity index is 3.01. The summed E-state index contributed by atoms with van der Waals surface area (Å²) >= 11 is 0. The summed E-state index contributed by atoms with van der Waals surface area (Å²) in [7, 11) is 0. The van der Waals surface area contributed by atoms with Gasteiger partial charge in [-0.25, -0.2) is 0 Å². The minimum absolute atomic E-state index is 0.0925. The van der Waals surface area contributed by atoms with Gasteiger partial charge in [-0.1, -0.05) is 36.3 Å². The lowest BCUT2D eigenvalue weighted by Gasteiger charge is -2.30. The highest BCUT2D eigenvalue weighted by Gasteiger charge is 2.34. The maximum Gasteiger partial charge on any atom is 0.323 e. The van der Waals surface area contributed by atoms with Crippen molar-refractivity contribution in [1.82, 2.24) is 4.90 Å². The molecule has 0 aromatic heterocycles. The van der Waals surface area contributed by atoms with Gasteiger partial charge >= 0.3 is 5.97 Å². The Labute approximate surface area is 112 Å². The van der Waals surface area contributed by atoms with Crippen LogP contribution in [0, 0.1) is 12.3 Å². The fourth-order valence-electron chi connectivity index (χ4n) is 1.71. The molecule has 5 heteroatoms. The number of hydrogen-bond donors (Lipinski definition) is 2. The van der Waals surface area contributed by atoms with Crippen LogP contribution in [0.4, 0.5) is 0 Å². The molecule has 1 rings (SSSR count). The van der Waals surface area contributed by atoms with Crippen LogP contribution in [0.3, 0.4) is 0 Å². The van der Waals surface area contributed by atoms with E-state index in [1.807, 2.05) is 0 Å². The van der Waals surface area contributed by atoms with Gasteiger partial charge < -0.3 is 15.7 Å². The Morgan fingerprint density at radius 2 is 2.00 bits per heavy atom. The lowest BCUT2D eigenvalue weighted by molar-refractivity contribution is -0.146. The number of terminal acetylenes is 1. The van der Waals surface area contributed by atoms with E-state index in [4.69, 9.17) is 17.3 Å². The number of hydrogen-bond acceptors (Lipinski definition) is 3. The van der Waals surface area contributed by atoms with Gasteiger partial charge in [0.2, 0.25) is 5.91 Å². The number of carbonyl (C=O) groups is 2. The molecule has 5 nitrogen and oxygen atoms in total. The molecule has 19 heavy (non-hydrogen) atoms. The molecular formula is C14H16N2O3. The van der Waals surface area contributed by atoms with Crippen molar-refractivity contribution >= 4 is 11.9 Å². The van der Waals surface area contributed by atoms with E-state index in [-0.39, 0.29) is 6.54 Å². The maximum atomic E-state index is 12.3. The van der Waals surface area contributed by atoms with Crippen LogP contribution in [0.15, 0.2) is 30.3 Å². The first-order chi connectivity index (χ1) is 8.89. The monoisotopic (exact) mass is 260 g/mol. The zero-order valence-corrected chi connectivity index (χ0v) is 10.7. The molecule has 0 saturated carbocycles. The summed E-state index contributed by atoms with van der Waals surface area (Å²) in [4.78, 5) is 24.1. The highest BCUT2D eigenvalue weighted by molar-refractivity contribution is 5.89. The van der Waals surface area contributed by atoms with Crippen molar-refractivity contribution in [2.75, 3.05) is 13.1 Å². The van der Waals surface area contributed by atoms with Crippen LogP contribution in [0.1, 0.15) is 12.5 Å². The SMILES string of the molecule is C#CCN(CC(=O)O)C(=O)C(C)(N)c1ccccc1. The van der Waals surface area contributed by atoms with Gasteiger partial charge in [0, 0.05) is 0 Å². The van der Waals surface area contributed by atoms with Crippen LogP contribution in [0.2, 0.25) is 0 Å². The van der Waals surface area contributed by atoms with Crippen molar-refractivity contribution in [3.63, 3.8) is 0 Å². The highest BCUT2D eigenvalue weighted by Crippen LogP contribution is 2.20. The topological polar surface area (TPSA) is 83.6 Å². The molecule has 1 aromatic rings. The van der Waals surface area contributed by atoms with Crippen LogP contribution >= 0.6 is 0 Å². The number of nitrogens with two attached hydrogens (primary N) is 1. The Morgan fingerprint density at radius 1 is 1.42 bits per heavy atom. The lowest BCUT2D eigenvalue weighted by atomic mass is 9.91. The Bertz CT molecular complexity index is 503. The average molecular weight is 260 g/mol. The third-order valence-electron chi connectivity index (χ3n) is 2.71. The van der Waals surface area contributed by atoms with E-state index in [1.165, 1.54) is 6.92 Å². The van der Waals surface area contributed by atoms with Gasteiger partial charge in [-0.3, -0.25) is 9.59 Å². The number of benzene rings is 1. The fraction of sp³-hybridized carbons (Fsp3) is 0.286. The van der Waals surface area contributed by atoms with E-state index in [2.05, 4.69) is 5.92 Å². The Morgan fingerprint density at radius 3 is 2.47 bits per heavy atom. The predicted octanol–water partition coefficient (Wildman–Crippen LogP) is 0.407. The molecule has 3 N–H and O–H groups in total. The van der Waals surface area contributed by atoms with Gasteiger partial charge in [-0.15, -0.1) is 6.42 Å². The summed E-state index contributed by atoms with van der Waals surface area (Å²) in [6, 6.07) is 8.76. The van der Waals surface area contributed by atoms with E-state index >= 15 is 0 Å². The first-order valence-electron chi connectivity index (χ1n) is 5.68. The van der Waals surface area contributed by atoms with E-state index in [0.717, 1.165) is 4.90 Å². The molecule has 0 heterocycles. The second kappa shape index (κ2) is 6.03. The number of aliphatic carboxylic acids is 1. The predicted molar refractivity (Wildman–Crippen MR) is 71.0 cm³/mol. The van der Waals surface area contributed by atoms with Gasteiger partial charge in [0.25, 0.3) is 0 Å². The van der Waals surface area contributed by atoms with Crippen LogP contribution in [-0.2, 0) is 15.1 Å². The molecule has 1 atom stereocenters. The third-order valence-corrected chi connectivity index (χ3v) is 2.71. The number of carbonyl (C=O) groups excluding carboxylic acids is 1. The summed E-state index contributed by atoms with van der Waals surface area (Å²) in [5.74, 6) is 0.617. The zero-order valence-electron chi connectivity index (χ0n) is 10.7. The largest absolute Gasteiger partial charge is 0.480 e. The van der Waals surface area contributed by atoms with E-state index in [1.54, 1.807) is 30.3 Å². The van der Waals surface area contributed by atoms with E-state index in [9.17, 15) is 9.59 Å². The average Bonchev–Trinajstić information content (AvgIpc) is 2.38. The van der Waals surface area contributed by atoms with Crippen molar-refractivity contribution in [3.05, 3.63) is 35.9 Å². The molecule has 100 valence electrons. The third kappa shape index (κ3) is 3.57. The molecule has 0 saturated heterocycles. The van der Waals surface area contributed by atoms with Crippen LogP contribution in [0.5, 0.6) is 0 Å². The van der Waals surface area contributed by atoms with Gasteiger partial charge in [-0.2, -0.15) is 0 Å².